The molecule has 0 unspecified atom stereocenters. The highest BCUT2D eigenvalue weighted by atomic mass is 16.5. The lowest BCUT2D eigenvalue weighted by atomic mass is 10.2. The first-order chi connectivity index (χ1) is 8.24. The van der Waals surface area contributed by atoms with Gasteiger partial charge in [-0.1, -0.05) is 12.1 Å². The molecule has 1 saturated carbocycles. The summed E-state index contributed by atoms with van der Waals surface area (Å²) in [5.41, 5.74) is 0.679. The standard InChI is InChI=1S/C14H14O3/c1-9(15)13-7-11-3-2-4-12(14(11)17-13)16-8-10-5-6-10/h2-4,7,10H,5-6,8H2,1H3. The van der Waals surface area contributed by atoms with E-state index in [-0.39, 0.29) is 5.78 Å². The predicted octanol–water partition coefficient (Wildman–Crippen LogP) is 3.42. The second-order valence-corrected chi connectivity index (χ2v) is 4.60. The Morgan fingerprint density at radius 3 is 3.00 bits per heavy atom. The average molecular weight is 230 g/mol. The molecule has 3 rings (SSSR count). The summed E-state index contributed by atoms with van der Waals surface area (Å²) in [6.45, 7) is 2.25. The number of benzene rings is 1. The van der Waals surface area contributed by atoms with E-state index in [0.717, 1.165) is 17.7 Å². The molecular weight excluding hydrogens is 216 g/mol. The van der Waals surface area contributed by atoms with Crippen LogP contribution < -0.4 is 4.74 Å². The van der Waals surface area contributed by atoms with Crippen molar-refractivity contribution in [3.8, 4) is 5.75 Å². The van der Waals surface area contributed by atoms with E-state index in [1.165, 1.54) is 19.8 Å². The zero-order valence-electron chi connectivity index (χ0n) is 9.73. The molecule has 3 heteroatoms. The van der Waals surface area contributed by atoms with E-state index in [0.29, 0.717) is 17.3 Å². The Kier molecular flexibility index (Phi) is 2.39. The van der Waals surface area contributed by atoms with Gasteiger partial charge in [-0.15, -0.1) is 0 Å². The van der Waals surface area contributed by atoms with Gasteiger partial charge in [0.1, 0.15) is 0 Å². The van der Waals surface area contributed by atoms with Gasteiger partial charge in [-0.05, 0) is 30.9 Å². The number of ether oxygens (including phenoxy) is 1. The summed E-state index contributed by atoms with van der Waals surface area (Å²) in [5.74, 6) is 1.77. The minimum absolute atomic E-state index is 0.0608. The molecule has 1 fully saturated rings. The van der Waals surface area contributed by atoms with Crippen LogP contribution in [0.4, 0.5) is 0 Å². The topological polar surface area (TPSA) is 39.4 Å². The first-order valence-corrected chi connectivity index (χ1v) is 5.90. The highest BCUT2D eigenvalue weighted by Crippen LogP contribution is 2.33. The van der Waals surface area contributed by atoms with Gasteiger partial charge >= 0.3 is 0 Å². The Morgan fingerprint density at radius 1 is 1.47 bits per heavy atom. The first-order valence-electron chi connectivity index (χ1n) is 5.90. The minimum atomic E-state index is -0.0608. The summed E-state index contributed by atoms with van der Waals surface area (Å²) in [7, 11) is 0. The van der Waals surface area contributed by atoms with Crippen LogP contribution in [0.2, 0.25) is 0 Å². The van der Waals surface area contributed by atoms with Gasteiger partial charge in [0.15, 0.2) is 22.9 Å². The molecule has 0 saturated heterocycles. The molecule has 2 aromatic rings. The van der Waals surface area contributed by atoms with E-state index in [2.05, 4.69) is 0 Å². The first kappa shape index (κ1) is 10.4. The highest BCUT2D eigenvalue weighted by Gasteiger charge is 2.22. The molecule has 1 aliphatic rings. The van der Waals surface area contributed by atoms with Gasteiger partial charge < -0.3 is 9.15 Å². The van der Waals surface area contributed by atoms with Crippen molar-refractivity contribution in [2.45, 2.75) is 19.8 Å². The fourth-order valence-corrected chi connectivity index (χ4v) is 1.82. The second-order valence-electron chi connectivity index (χ2n) is 4.60. The van der Waals surface area contributed by atoms with Crippen molar-refractivity contribution in [1.82, 2.24) is 0 Å². The number of Topliss-reactive ketones (excluding diaryl/α,β-unsaturated/α-hetero) is 1. The molecule has 0 spiro atoms. The quantitative estimate of drug-likeness (QED) is 0.755. The number of furan rings is 1. The fourth-order valence-electron chi connectivity index (χ4n) is 1.82. The van der Waals surface area contributed by atoms with Crippen molar-refractivity contribution >= 4 is 16.8 Å². The zero-order chi connectivity index (χ0) is 11.8. The van der Waals surface area contributed by atoms with Gasteiger partial charge in [0, 0.05) is 12.3 Å². The van der Waals surface area contributed by atoms with Crippen LogP contribution in [0.3, 0.4) is 0 Å². The largest absolute Gasteiger partial charge is 0.489 e. The summed E-state index contributed by atoms with van der Waals surface area (Å²) in [5, 5.41) is 0.920. The lowest BCUT2D eigenvalue weighted by Crippen LogP contribution is -1.98. The molecule has 1 aromatic heterocycles. The third-order valence-electron chi connectivity index (χ3n) is 3.03. The molecule has 1 aromatic carbocycles. The SMILES string of the molecule is CC(=O)c1cc2cccc(OCC3CC3)c2o1. The zero-order valence-corrected chi connectivity index (χ0v) is 9.73. The number of carbonyl (C=O) groups excluding carboxylic acids is 1. The molecule has 0 aliphatic heterocycles. The molecule has 3 nitrogen and oxygen atoms in total. The van der Waals surface area contributed by atoms with Gasteiger partial charge in [-0.2, -0.15) is 0 Å². The molecule has 17 heavy (non-hydrogen) atoms. The van der Waals surface area contributed by atoms with E-state index in [9.17, 15) is 4.79 Å². The van der Waals surface area contributed by atoms with Gasteiger partial charge in [-0.25, -0.2) is 0 Å². The van der Waals surface area contributed by atoms with Crippen molar-refractivity contribution in [3.05, 3.63) is 30.0 Å². The maximum atomic E-state index is 11.3. The fraction of sp³-hybridized carbons (Fsp3) is 0.357. The van der Waals surface area contributed by atoms with Crippen molar-refractivity contribution in [1.29, 1.82) is 0 Å². The van der Waals surface area contributed by atoms with E-state index in [4.69, 9.17) is 9.15 Å². The Balaban J connectivity index is 1.95. The van der Waals surface area contributed by atoms with E-state index < -0.39 is 0 Å². The van der Waals surface area contributed by atoms with Gasteiger partial charge in [0.2, 0.25) is 0 Å². The van der Waals surface area contributed by atoms with Crippen LogP contribution in [0.15, 0.2) is 28.7 Å². The summed E-state index contributed by atoms with van der Waals surface area (Å²) in [6, 6.07) is 7.50. The highest BCUT2D eigenvalue weighted by molar-refractivity contribution is 5.97. The molecule has 0 radical (unpaired) electrons. The monoisotopic (exact) mass is 230 g/mol. The Labute approximate surface area is 99.4 Å². The van der Waals surface area contributed by atoms with Crippen LogP contribution in [0, 0.1) is 5.92 Å². The van der Waals surface area contributed by atoms with Gasteiger partial charge in [0.25, 0.3) is 0 Å². The molecule has 0 N–H and O–H groups in total. The average Bonchev–Trinajstić information content (AvgIpc) is 3.02. The number of fused-ring (bicyclic) bond motifs is 1. The molecule has 1 heterocycles. The van der Waals surface area contributed by atoms with Crippen molar-refractivity contribution in [2.24, 2.45) is 5.92 Å². The van der Waals surface area contributed by atoms with Crippen LogP contribution in [-0.4, -0.2) is 12.4 Å². The molecule has 1 aliphatic carbocycles. The number of rotatable bonds is 4. The van der Waals surface area contributed by atoms with Crippen LogP contribution in [0.5, 0.6) is 5.75 Å². The molecule has 0 atom stereocenters. The number of para-hydroxylation sites is 1. The maximum Gasteiger partial charge on any atom is 0.194 e. The second kappa shape index (κ2) is 3.91. The lowest BCUT2D eigenvalue weighted by molar-refractivity contribution is 0.0989. The Bertz CT molecular complexity index is 564. The summed E-state index contributed by atoms with van der Waals surface area (Å²) >= 11 is 0. The van der Waals surface area contributed by atoms with Gasteiger partial charge in [0.05, 0.1) is 6.61 Å². The third-order valence-corrected chi connectivity index (χ3v) is 3.03. The van der Waals surface area contributed by atoms with E-state index >= 15 is 0 Å². The number of ketones is 1. The molecule has 0 bridgehead atoms. The van der Waals surface area contributed by atoms with Crippen LogP contribution in [0.1, 0.15) is 30.3 Å². The van der Waals surface area contributed by atoms with Gasteiger partial charge in [-0.3, -0.25) is 4.79 Å². The Morgan fingerprint density at radius 2 is 2.29 bits per heavy atom. The lowest BCUT2D eigenvalue weighted by Gasteiger charge is -2.04. The summed E-state index contributed by atoms with van der Waals surface area (Å²) in [4.78, 5) is 11.3. The van der Waals surface area contributed by atoms with E-state index in [1.54, 1.807) is 6.07 Å². The number of hydrogen-bond acceptors (Lipinski definition) is 3. The number of hydrogen-bond donors (Lipinski definition) is 0. The predicted molar refractivity (Wildman–Crippen MR) is 64.4 cm³/mol. The normalized spacial score (nSPS) is 15.1. The maximum absolute atomic E-state index is 11.3. The van der Waals surface area contributed by atoms with Crippen LogP contribution in [0.25, 0.3) is 11.0 Å². The van der Waals surface area contributed by atoms with Crippen molar-refractivity contribution in [2.75, 3.05) is 6.61 Å². The Hall–Kier alpha value is -1.77. The smallest absolute Gasteiger partial charge is 0.194 e. The van der Waals surface area contributed by atoms with Crippen molar-refractivity contribution < 1.29 is 13.9 Å². The van der Waals surface area contributed by atoms with Crippen LogP contribution >= 0.6 is 0 Å². The molecular formula is C14H14O3. The van der Waals surface area contributed by atoms with E-state index in [1.807, 2.05) is 18.2 Å². The summed E-state index contributed by atoms with van der Waals surface area (Å²) in [6.07, 6.45) is 2.51. The molecule has 0 amide bonds. The van der Waals surface area contributed by atoms with Crippen molar-refractivity contribution in [3.63, 3.8) is 0 Å². The summed E-state index contributed by atoms with van der Waals surface area (Å²) < 4.78 is 11.3. The molecule has 88 valence electrons. The minimum Gasteiger partial charge on any atom is -0.489 e. The third kappa shape index (κ3) is 2.05. The number of carbonyl (C=O) groups is 1. The van der Waals surface area contributed by atoms with Crippen LogP contribution in [-0.2, 0) is 0 Å².